The minimum absolute atomic E-state index is 0.612. The van der Waals surface area contributed by atoms with E-state index in [-0.39, 0.29) is 0 Å². The molecule has 0 saturated heterocycles. The van der Waals surface area contributed by atoms with Crippen LogP contribution in [0, 0.1) is 0 Å². The van der Waals surface area contributed by atoms with E-state index in [4.69, 9.17) is 4.74 Å². The molecule has 3 rings (SSSR count). The first kappa shape index (κ1) is 11.3. The predicted octanol–water partition coefficient (Wildman–Crippen LogP) is 2.09. The maximum absolute atomic E-state index is 5.80. The van der Waals surface area contributed by atoms with Crippen molar-refractivity contribution in [2.24, 2.45) is 7.05 Å². The zero-order valence-corrected chi connectivity index (χ0v) is 10.7. The number of nitrogens with zero attached hydrogens (tertiary/aromatic N) is 2. The van der Waals surface area contributed by atoms with Crippen LogP contribution >= 0.6 is 0 Å². The first-order valence-electron chi connectivity index (χ1n) is 6.29. The lowest BCUT2D eigenvalue weighted by atomic mass is 10.0. The van der Waals surface area contributed by atoms with Crippen LogP contribution in [-0.2, 0) is 20.2 Å². The van der Waals surface area contributed by atoms with Gasteiger partial charge >= 0.3 is 0 Å². The van der Waals surface area contributed by atoms with E-state index in [1.165, 1.54) is 11.3 Å². The molecule has 0 atom stereocenters. The molecule has 18 heavy (non-hydrogen) atoms. The highest BCUT2D eigenvalue weighted by atomic mass is 16.5. The van der Waals surface area contributed by atoms with Gasteiger partial charge in [-0.1, -0.05) is 19.1 Å². The van der Waals surface area contributed by atoms with E-state index in [2.05, 4.69) is 23.4 Å². The molecule has 2 heterocycles. The molecule has 94 valence electrons. The third kappa shape index (κ3) is 1.69. The molecule has 4 heteroatoms. The summed E-state index contributed by atoms with van der Waals surface area (Å²) in [6, 6.07) is 8.13. The number of ether oxygens (including phenoxy) is 1. The topological polar surface area (TPSA) is 39.1 Å². The van der Waals surface area contributed by atoms with Crippen LogP contribution in [0.4, 0.5) is 0 Å². The molecule has 0 radical (unpaired) electrons. The summed E-state index contributed by atoms with van der Waals surface area (Å²) in [6.07, 6.45) is 0. The molecule has 0 bridgehead atoms. The highest BCUT2D eigenvalue weighted by Crippen LogP contribution is 2.38. The quantitative estimate of drug-likeness (QED) is 0.897. The van der Waals surface area contributed by atoms with E-state index in [1.807, 2.05) is 29.9 Å². The first-order valence-corrected chi connectivity index (χ1v) is 6.29. The molecule has 0 aliphatic carbocycles. The maximum Gasteiger partial charge on any atom is 0.129 e. The number of para-hydroxylation sites is 1. The first-order chi connectivity index (χ1) is 8.81. The van der Waals surface area contributed by atoms with Crippen molar-refractivity contribution in [3.05, 3.63) is 35.5 Å². The molecule has 1 aliphatic heterocycles. The summed E-state index contributed by atoms with van der Waals surface area (Å²) in [5, 5.41) is 7.92. The summed E-state index contributed by atoms with van der Waals surface area (Å²) in [4.78, 5) is 0. The molecule has 0 saturated carbocycles. The number of aromatic nitrogens is 2. The van der Waals surface area contributed by atoms with Crippen molar-refractivity contribution in [2.45, 2.75) is 20.1 Å². The Hall–Kier alpha value is -1.81. The maximum atomic E-state index is 5.80. The second-order valence-electron chi connectivity index (χ2n) is 4.46. The normalized spacial score (nSPS) is 12.8. The van der Waals surface area contributed by atoms with Gasteiger partial charge in [-0.2, -0.15) is 5.10 Å². The number of fused-ring (bicyclic) bond motifs is 3. The molecular formula is C14H17N3O. The van der Waals surface area contributed by atoms with Gasteiger partial charge in [-0.3, -0.25) is 4.68 Å². The third-order valence-corrected chi connectivity index (χ3v) is 3.29. The monoisotopic (exact) mass is 243 g/mol. The fraction of sp³-hybridized carbons (Fsp3) is 0.357. The van der Waals surface area contributed by atoms with Crippen LogP contribution in [0.5, 0.6) is 5.75 Å². The lowest BCUT2D eigenvalue weighted by Gasteiger charge is -2.18. The fourth-order valence-electron chi connectivity index (χ4n) is 2.44. The molecule has 0 unspecified atom stereocenters. The van der Waals surface area contributed by atoms with Gasteiger partial charge in [0.15, 0.2) is 0 Å². The fourth-order valence-corrected chi connectivity index (χ4v) is 2.44. The van der Waals surface area contributed by atoms with E-state index < -0.39 is 0 Å². The van der Waals surface area contributed by atoms with Crippen molar-refractivity contribution < 1.29 is 4.74 Å². The van der Waals surface area contributed by atoms with Crippen molar-refractivity contribution >= 4 is 0 Å². The van der Waals surface area contributed by atoms with Gasteiger partial charge in [-0.25, -0.2) is 0 Å². The van der Waals surface area contributed by atoms with Crippen LogP contribution in [0.25, 0.3) is 11.3 Å². The van der Waals surface area contributed by atoms with Crippen LogP contribution in [0.1, 0.15) is 18.2 Å². The van der Waals surface area contributed by atoms with Crippen molar-refractivity contribution in [3.63, 3.8) is 0 Å². The van der Waals surface area contributed by atoms with Crippen LogP contribution in [0.3, 0.4) is 0 Å². The largest absolute Gasteiger partial charge is 0.488 e. The van der Waals surface area contributed by atoms with Gasteiger partial charge in [-0.15, -0.1) is 0 Å². The van der Waals surface area contributed by atoms with Gasteiger partial charge in [0.25, 0.3) is 0 Å². The Morgan fingerprint density at radius 3 is 3.06 bits per heavy atom. The minimum atomic E-state index is 0.612. The molecule has 0 fully saturated rings. The zero-order valence-electron chi connectivity index (χ0n) is 10.7. The van der Waals surface area contributed by atoms with Gasteiger partial charge in [-0.05, 0) is 18.7 Å². The summed E-state index contributed by atoms with van der Waals surface area (Å²) in [5.74, 6) is 0.947. The van der Waals surface area contributed by atoms with Crippen LogP contribution in [0.2, 0.25) is 0 Å². The summed E-state index contributed by atoms with van der Waals surface area (Å²) in [6.45, 7) is 4.45. The molecule has 1 N–H and O–H groups in total. The van der Waals surface area contributed by atoms with Gasteiger partial charge < -0.3 is 10.1 Å². The second kappa shape index (κ2) is 4.46. The Labute approximate surface area is 107 Å². The SMILES string of the molecule is CCNCc1nn(C)c2c1COc1ccccc1-2. The molecule has 1 aromatic carbocycles. The van der Waals surface area contributed by atoms with E-state index in [1.54, 1.807) is 0 Å². The number of hydrogen-bond donors (Lipinski definition) is 1. The van der Waals surface area contributed by atoms with Gasteiger partial charge in [0.2, 0.25) is 0 Å². The molecule has 0 spiro atoms. The Bertz CT molecular complexity index is 574. The number of hydrogen-bond acceptors (Lipinski definition) is 3. The number of benzene rings is 1. The molecule has 2 aromatic rings. The van der Waals surface area contributed by atoms with Crippen LogP contribution in [-0.4, -0.2) is 16.3 Å². The van der Waals surface area contributed by atoms with Gasteiger partial charge in [0.1, 0.15) is 12.4 Å². The van der Waals surface area contributed by atoms with E-state index >= 15 is 0 Å². The highest BCUT2D eigenvalue weighted by Gasteiger charge is 2.24. The van der Waals surface area contributed by atoms with Crippen LogP contribution in [0.15, 0.2) is 24.3 Å². The summed E-state index contributed by atoms with van der Waals surface area (Å²) in [7, 11) is 2.00. The van der Waals surface area contributed by atoms with Gasteiger partial charge in [0, 0.05) is 24.7 Å². The second-order valence-corrected chi connectivity index (χ2v) is 4.46. The number of aryl methyl sites for hydroxylation is 1. The highest BCUT2D eigenvalue weighted by molar-refractivity contribution is 5.72. The van der Waals surface area contributed by atoms with Crippen molar-refractivity contribution in [1.29, 1.82) is 0 Å². The average Bonchev–Trinajstić information content (AvgIpc) is 2.73. The minimum Gasteiger partial charge on any atom is -0.488 e. The zero-order chi connectivity index (χ0) is 12.5. The van der Waals surface area contributed by atoms with E-state index in [0.717, 1.165) is 30.1 Å². The molecule has 1 aromatic heterocycles. The third-order valence-electron chi connectivity index (χ3n) is 3.29. The van der Waals surface area contributed by atoms with E-state index in [0.29, 0.717) is 6.61 Å². The average molecular weight is 243 g/mol. The smallest absolute Gasteiger partial charge is 0.129 e. The Kier molecular flexibility index (Phi) is 2.80. The molecule has 0 amide bonds. The lowest BCUT2D eigenvalue weighted by Crippen LogP contribution is -2.14. The molecule has 4 nitrogen and oxygen atoms in total. The van der Waals surface area contributed by atoms with Crippen molar-refractivity contribution in [1.82, 2.24) is 15.1 Å². The van der Waals surface area contributed by atoms with Crippen molar-refractivity contribution in [3.8, 4) is 17.0 Å². The van der Waals surface area contributed by atoms with Gasteiger partial charge in [0.05, 0.1) is 11.4 Å². The predicted molar refractivity (Wildman–Crippen MR) is 70.4 cm³/mol. The van der Waals surface area contributed by atoms with Crippen molar-refractivity contribution in [2.75, 3.05) is 6.54 Å². The summed E-state index contributed by atoms with van der Waals surface area (Å²) in [5.41, 5.74) is 4.61. The summed E-state index contributed by atoms with van der Waals surface area (Å²) < 4.78 is 7.76. The number of rotatable bonds is 3. The Morgan fingerprint density at radius 1 is 1.39 bits per heavy atom. The Morgan fingerprint density at radius 2 is 2.22 bits per heavy atom. The van der Waals surface area contributed by atoms with E-state index in [9.17, 15) is 0 Å². The Balaban J connectivity index is 2.08. The molecule has 1 aliphatic rings. The standard InChI is InChI=1S/C14H17N3O/c1-3-15-8-12-11-9-18-13-7-5-4-6-10(13)14(11)17(2)16-12/h4-7,15H,3,8-9H2,1-2H3. The number of nitrogens with one attached hydrogen (secondary N) is 1. The van der Waals surface area contributed by atoms with Crippen LogP contribution < -0.4 is 10.1 Å². The lowest BCUT2D eigenvalue weighted by molar-refractivity contribution is 0.300. The molecular weight excluding hydrogens is 226 g/mol. The summed E-state index contributed by atoms with van der Waals surface area (Å²) >= 11 is 0.